The van der Waals surface area contributed by atoms with Gasteiger partial charge in [0.25, 0.3) is 0 Å². The fraction of sp³-hybridized carbons (Fsp3) is 0.769. The molecule has 3 rings (SSSR count). The largest absolute Gasteiger partial charge is 0.367 e. The number of hydrogen-bond acceptors (Lipinski definition) is 4. The van der Waals surface area contributed by atoms with E-state index >= 15 is 0 Å². The van der Waals surface area contributed by atoms with Crippen molar-refractivity contribution in [2.45, 2.75) is 38.1 Å². The van der Waals surface area contributed by atoms with Crippen LogP contribution in [-0.2, 0) is 17.9 Å². The molecule has 2 aliphatic heterocycles. The zero-order valence-corrected chi connectivity index (χ0v) is 11.0. The van der Waals surface area contributed by atoms with Gasteiger partial charge in [-0.25, -0.2) is 4.98 Å². The number of ether oxygens (including phenoxy) is 1. The number of aromatic nitrogens is 2. The summed E-state index contributed by atoms with van der Waals surface area (Å²) in [5, 5.41) is 3.65. The first-order chi connectivity index (χ1) is 8.81. The Balaban J connectivity index is 1.44. The fourth-order valence-corrected chi connectivity index (χ4v) is 2.75. The lowest BCUT2D eigenvalue weighted by atomic mass is 10.1. The number of fused-ring (bicyclic) bond motifs is 1. The Kier molecular flexibility index (Phi) is 3.63. The number of likely N-dealkylation sites (tertiary alicyclic amines) is 1. The van der Waals surface area contributed by atoms with Crippen molar-refractivity contribution in [2.75, 3.05) is 26.7 Å². The van der Waals surface area contributed by atoms with Crippen LogP contribution in [0.4, 0.5) is 0 Å². The van der Waals surface area contributed by atoms with Crippen LogP contribution in [0.2, 0.25) is 0 Å². The molecule has 0 spiro atoms. The molecule has 3 heterocycles. The van der Waals surface area contributed by atoms with Crippen LogP contribution in [0, 0.1) is 0 Å². The summed E-state index contributed by atoms with van der Waals surface area (Å²) < 4.78 is 8.02. The lowest BCUT2D eigenvalue weighted by Crippen LogP contribution is -2.45. The third-order valence-electron chi connectivity index (χ3n) is 4.00. The van der Waals surface area contributed by atoms with Crippen LogP contribution >= 0.6 is 0 Å². The van der Waals surface area contributed by atoms with E-state index < -0.39 is 0 Å². The molecule has 5 heteroatoms. The van der Waals surface area contributed by atoms with E-state index in [1.165, 1.54) is 25.9 Å². The molecular weight excluding hydrogens is 228 g/mol. The van der Waals surface area contributed by atoms with Crippen molar-refractivity contribution < 1.29 is 4.74 Å². The first-order valence-electron chi connectivity index (χ1n) is 6.85. The van der Waals surface area contributed by atoms with Crippen LogP contribution in [0.25, 0.3) is 0 Å². The van der Waals surface area contributed by atoms with Crippen LogP contribution in [0.3, 0.4) is 0 Å². The molecule has 1 N–H and O–H groups in total. The molecule has 18 heavy (non-hydrogen) atoms. The van der Waals surface area contributed by atoms with E-state index in [9.17, 15) is 0 Å². The minimum absolute atomic E-state index is 0.284. The topological polar surface area (TPSA) is 42.3 Å². The molecule has 0 amide bonds. The van der Waals surface area contributed by atoms with Crippen molar-refractivity contribution >= 4 is 0 Å². The Morgan fingerprint density at radius 3 is 3.11 bits per heavy atom. The molecule has 0 unspecified atom stereocenters. The van der Waals surface area contributed by atoms with Gasteiger partial charge in [0.05, 0.1) is 12.6 Å². The number of nitrogens with one attached hydrogen (secondary N) is 1. The molecule has 100 valence electrons. The summed E-state index contributed by atoms with van der Waals surface area (Å²) >= 11 is 0. The standard InChI is InChI=1S/C13H22N4O/c1-16-5-2-11(3-6-16)15-8-12-9-17-7-4-14-13(17)10-18-12/h4,7,11-12,15H,2-3,5-6,8-10H2,1H3/t12-/m0/s1. The molecule has 0 aliphatic carbocycles. The van der Waals surface area contributed by atoms with Gasteiger partial charge in [0.2, 0.25) is 0 Å². The molecule has 1 aromatic heterocycles. The second-order valence-corrected chi connectivity index (χ2v) is 5.41. The van der Waals surface area contributed by atoms with Gasteiger partial charge in [-0.05, 0) is 33.0 Å². The Labute approximate surface area is 108 Å². The lowest BCUT2D eigenvalue weighted by Gasteiger charge is -2.31. The Morgan fingerprint density at radius 2 is 2.28 bits per heavy atom. The van der Waals surface area contributed by atoms with Crippen LogP contribution in [0.1, 0.15) is 18.7 Å². The quantitative estimate of drug-likeness (QED) is 0.846. The predicted molar refractivity (Wildman–Crippen MR) is 69.3 cm³/mol. The van der Waals surface area contributed by atoms with Crippen LogP contribution in [0.5, 0.6) is 0 Å². The van der Waals surface area contributed by atoms with E-state index in [-0.39, 0.29) is 6.10 Å². The summed E-state index contributed by atoms with van der Waals surface area (Å²) in [5.74, 6) is 1.05. The van der Waals surface area contributed by atoms with Gasteiger partial charge in [0.1, 0.15) is 12.4 Å². The third-order valence-corrected chi connectivity index (χ3v) is 4.00. The maximum absolute atomic E-state index is 5.82. The Hall–Kier alpha value is -0.910. The van der Waals surface area contributed by atoms with Gasteiger partial charge in [0.15, 0.2) is 0 Å². The van der Waals surface area contributed by atoms with Crippen molar-refractivity contribution in [3.8, 4) is 0 Å². The molecule has 1 aromatic rings. The third kappa shape index (κ3) is 2.74. The number of nitrogens with zero attached hydrogens (tertiary/aromatic N) is 3. The zero-order valence-electron chi connectivity index (χ0n) is 11.0. The van der Waals surface area contributed by atoms with Gasteiger partial charge < -0.3 is 19.5 Å². The van der Waals surface area contributed by atoms with Gasteiger partial charge in [-0.1, -0.05) is 0 Å². The van der Waals surface area contributed by atoms with E-state index in [0.29, 0.717) is 12.6 Å². The first-order valence-corrected chi connectivity index (χ1v) is 6.85. The normalized spacial score (nSPS) is 26.2. The van der Waals surface area contributed by atoms with Gasteiger partial charge >= 0.3 is 0 Å². The van der Waals surface area contributed by atoms with E-state index in [1.807, 2.05) is 12.4 Å². The number of imidazole rings is 1. The van der Waals surface area contributed by atoms with Crippen LogP contribution < -0.4 is 5.32 Å². The number of rotatable bonds is 3. The van der Waals surface area contributed by atoms with Crippen molar-refractivity contribution in [2.24, 2.45) is 0 Å². The highest BCUT2D eigenvalue weighted by atomic mass is 16.5. The second kappa shape index (κ2) is 5.38. The maximum Gasteiger partial charge on any atom is 0.134 e. The van der Waals surface area contributed by atoms with Gasteiger partial charge in [-0.2, -0.15) is 0 Å². The van der Waals surface area contributed by atoms with Crippen molar-refractivity contribution in [3.63, 3.8) is 0 Å². The maximum atomic E-state index is 5.82. The Morgan fingerprint density at radius 1 is 1.44 bits per heavy atom. The van der Waals surface area contributed by atoms with E-state index in [0.717, 1.165) is 18.9 Å². The molecule has 2 aliphatic rings. The highest BCUT2D eigenvalue weighted by molar-refractivity contribution is 4.94. The molecule has 0 radical (unpaired) electrons. The first kappa shape index (κ1) is 12.1. The van der Waals surface area contributed by atoms with Crippen molar-refractivity contribution in [1.29, 1.82) is 0 Å². The summed E-state index contributed by atoms with van der Waals surface area (Å²) in [6, 6.07) is 0.661. The SMILES string of the molecule is CN1CCC(NC[C@H]2Cn3ccnc3CO2)CC1. The van der Waals surface area contributed by atoms with E-state index in [4.69, 9.17) is 4.74 Å². The van der Waals surface area contributed by atoms with Gasteiger partial charge in [0, 0.05) is 25.0 Å². The summed E-state index contributed by atoms with van der Waals surface area (Å²) in [4.78, 5) is 6.66. The molecule has 1 saturated heterocycles. The Bertz CT molecular complexity index is 384. The molecular formula is C13H22N4O. The average Bonchev–Trinajstić information content (AvgIpc) is 2.85. The van der Waals surface area contributed by atoms with E-state index in [1.54, 1.807) is 0 Å². The van der Waals surface area contributed by atoms with Crippen LogP contribution in [0.15, 0.2) is 12.4 Å². The van der Waals surface area contributed by atoms with Gasteiger partial charge in [-0.3, -0.25) is 0 Å². The summed E-state index contributed by atoms with van der Waals surface area (Å²) in [6.45, 7) is 4.93. The highest BCUT2D eigenvalue weighted by Gasteiger charge is 2.21. The lowest BCUT2D eigenvalue weighted by molar-refractivity contribution is 0.000427. The minimum Gasteiger partial charge on any atom is -0.367 e. The summed E-state index contributed by atoms with van der Waals surface area (Å²) in [6.07, 6.45) is 6.68. The monoisotopic (exact) mass is 250 g/mol. The summed E-state index contributed by atoms with van der Waals surface area (Å²) in [5.41, 5.74) is 0. The zero-order chi connectivity index (χ0) is 12.4. The predicted octanol–water partition coefficient (Wildman–Crippen LogP) is 0.466. The van der Waals surface area contributed by atoms with E-state index in [2.05, 4.69) is 26.8 Å². The van der Waals surface area contributed by atoms with Crippen LogP contribution in [-0.4, -0.2) is 53.3 Å². The highest BCUT2D eigenvalue weighted by Crippen LogP contribution is 2.13. The molecule has 5 nitrogen and oxygen atoms in total. The average molecular weight is 250 g/mol. The van der Waals surface area contributed by atoms with Crippen molar-refractivity contribution in [1.82, 2.24) is 19.8 Å². The number of piperidine rings is 1. The number of hydrogen-bond donors (Lipinski definition) is 1. The molecule has 1 fully saturated rings. The second-order valence-electron chi connectivity index (χ2n) is 5.41. The summed E-state index contributed by atoms with van der Waals surface area (Å²) in [7, 11) is 2.20. The smallest absolute Gasteiger partial charge is 0.134 e. The van der Waals surface area contributed by atoms with Crippen molar-refractivity contribution in [3.05, 3.63) is 18.2 Å². The fourth-order valence-electron chi connectivity index (χ4n) is 2.75. The molecule has 0 aromatic carbocycles. The van der Waals surface area contributed by atoms with Gasteiger partial charge in [-0.15, -0.1) is 0 Å². The molecule has 0 saturated carbocycles. The molecule has 1 atom stereocenters. The minimum atomic E-state index is 0.284. The molecule has 0 bridgehead atoms.